The Morgan fingerprint density at radius 1 is 1.21 bits per heavy atom. The van der Waals surface area contributed by atoms with E-state index in [4.69, 9.17) is 4.42 Å². The van der Waals surface area contributed by atoms with Crippen molar-refractivity contribution in [2.45, 2.75) is 20.0 Å². The molecule has 0 saturated carbocycles. The van der Waals surface area contributed by atoms with E-state index in [0.29, 0.717) is 23.2 Å². The van der Waals surface area contributed by atoms with Gasteiger partial charge >= 0.3 is 5.76 Å². The van der Waals surface area contributed by atoms with Crippen molar-refractivity contribution in [2.75, 3.05) is 6.54 Å². The molecular weight excluding hydrogens is 311 g/mol. The van der Waals surface area contributed by atoms with E-state index in [1.165, 1.54) is 16.7 Å². The molecule has 0 atom stereocenters. The van der Waals surface area contributed by atoms with Gasteiger partial charge in [0, 0.05) is 13.1 Å². The van der Waals surface area contributed by atoms with Gasteiger partial charge in [0.2, 0.25) is 5.91 Å². The number of para-hydroxylation sites is 2. The number of likely N-dealkylation sites (N-methyl/N-ethyl adjacent to an activating group) is 1. The molecule has 0 N–H and O–H groups in total. The minimum atomic E-state index is -0.564. The molecule has 0 fully saturated rings. The fourth-order valence-electron chi connectivity index (χ4n) is 2.63. The molecule has 0 aliphatic carbocycles. The van der Waals surface area contributed by atoms with E-state index in [9.17, 15) is 14.0 Å². The first-order valence-electron chi connectivity index (χ1n) is 7.69. The smallest absolute Gasteiger partial charge is 0.408 e. The average Bonchev–Trinajstić information content (AvgIpc) is 2.88. The molecule has 3 rings (SSSR count). The zero-order valence-electron chi connectivity index (χ0n) is 13.2. The molecule has 1 amide bonds. The summed E-state index contributed by atoms with van der Waals surface area (Å²) in [6.45, 7) is 2.48. The molecule has 3 aromatic rings. The van der Waals surface area contributed by atoms with Crippen molar-refractivity contribution in [1.82, 2.24) is 9.47 Å². The van der Waals surface area contributed by atoms with Crippen LogP contribution in [0.15, 0.2) is 57.7 Å². The summed E-state index contributed by atoms with van der Waals surface area (Å²) < 4.78 is 19.7. The highest BCUT2D eigenvalue weighted by Gasteiger charge is 2.17. The number of hydrogen-bond donors (Lipinski definition) is 0. The van der Waals surface area contributed by atoms with Crippen LogP contribution in [0.5, 0.6) is 0 Å². The lowest BCUT2D eigenvalue weighted by Gasteiger charge is -2.21. The fraction of sp³-hybridized carbons (Fsp3) is 0.222. The van der Waals surface area contributed by atoms with Gasteiger partial charge in [0.15, 0.2) is 5.58 Å². The quantitative estimate of drug-likeness (QED) is 0.724. The Balaban J connectivity index is 1.81. The van der Waals surface area contributed by atoms with Gasteiger partial charge in [-0.25, -0.2) is 9.18 Å². The number of rotatable bonds is 5. The van der Waals surface area contributed by atoms with E-state index in [2.05, 4.69) is 0 Å². The Morgan fingerprint density at radius 3 is 2.75 bits per heavy atom. The molecule has 1 aromatic heterocycles. The Morgan fingerprint density at radius 2 is 2.00 bits per heavy atom. The first-order chi connectivity index (χ1) is 11.6. The Labute approximate surface area is 137 Å². The standard InChI is InChI=1S/C18H17FN2O3/c1-2-20(11-13-6-5-7-14(19)10-13)17(22)12-21-15-8-3-4-9-16(15)24-18(21)23/h3-10H,2,11-12H2,1H3. The second-order valence-electron chi connectivity index (χ2n) is 5.46. The molecule has 0 aliphatic heterocycles. The van der Waals surface area contributed by atoms with E-state index in [-0.39, 0.29) is 24.8 Å². The number of hydrogen-bond acceptors (Lipinski definition) is 3. The van der Waals surface area contributed by atoms with E-state index >= 15 is 0 Å². The highest BCUT2D eigenvalue weighted by molar-refractivity contribution is 5.79. The van der Waals surface area contributed by atoms with Gasteiger partial charge in [-0.3, -0.25) is 9.36 Å². The van der Waals surface area contributed by atoms with Crippen LogP contribution in [-0.4, -0.2) is 21.9 Å². The second kappa shape index (κ2) is 6.70. The number of amides is 1. The lowest BCUT2D eigenvalue weighted by Crippen LogP contribution is -2.35. The van der Waals surface area contributed by atoms with Crippen LogP contribution in [0.4, 0.5) is 4.39 Å². The molecule has 0 spiro atoms. The van der Waals surface area contributed by atoms with Gasteiger partial charge in [0.05, 0.1) is 5.52 Å². The Bertz CT molecular complexity index is 929. The highest BCUT2D eigenvalue weighted by atomic mass is 19.1. The number of fused-ring (bicyclic) bond motifs is 1. The number of carbonyl (C=O) groups excluding carboxylic acids is 1. The van der Waals surface area contributed by atoms with Crippen LogP contribution in [0.1, 0.15) is 12.5 Å². The van der Waals surface area contributed by atoms with Crippen molar-refractivity contribution in [1.29, 1.82) is 0 Å². The molecule has 5 nitrogen and oxygen atoms in total. The van der Waals surface area contributed by atoms with Crippen LogP contribution in [0.25, 0.3) is 11.1 Å². The van der Waals surface area contributed by atoms with Crippen LogP contribution < -0.4 is 5.76 Å². The first-order valence-corrected chi connectivity index (χ1v) is 7.69. The molecular formula is C18H17FN2O3. The molecule has 0 unspecified atom stereocenters. The van der Waals surface area contributed by atoms with Crippen LogP contribution in [0.2, 0.25) is 0 Å². The van der Waals surface area contributed by atoms with E-state index in [1.807, 2.05) is 6.92 Å². The van der Waals surface area contributed by atoms with Gasteiger partial charge in [0.1, 0.15) is 12.4 Å². The molecule has 124 valence electrons. The number of halogens is 1. The second-order valence-corrected chi connectivity index (χ2v) is 5.46. The van der Waals surface area contributed by atoms with Gasteiger partial charge in [-0.05, 0) is 36.8 Å². The number of benzene rings is 2. The van der Waals surface area contributed by atoms with Crippen molar-refractivity contribution >= 4 is 17.0 Å². The monoisotopic (exact) mass is 328 g/mol. The largest absolute Gasteiger partial charge is 0.420 e. The summed E-state index contributed by atoms with van der Waals surface area (Å²) in [5, 5.41) is 0. The maximum Gasteiger partial charge on any atom is 0.420 e. The summed E-state index contributed by atoms with van der Waals surface area (Å²) >= 11 is 0. The minimum Gasteiger partial charge on any atom is -0.408 e. The topological polar surface area (TPSA) is 55.5 Å². The van der Waals surface area contributed by atoms with Crippen LogP contribution in [0.3, 0.4) is 0 Å². The molecule has 6 heteroatoms. The summed E-state index contributed by atoms with van der Waals surface area (Å²) in [5.74, 6) is -1.13. The first kappa shape index (κ1) is 16.0. The van der Waals surface area contributed by atoms with E-state index in [0.717, 1.165) is 0 Å². The SMILES string of the molecule is CCN(Cc1cccc(F)c1)C(=O)Cn1c(=O)oc2ccccc21. The van der Waals surface area contributed by atoms with Gasteiger partial charge in [-0.1, -0.05) is 24.3 Å². The summed E-state index contributed by atoms with van der Waals surface area (Å²) in [6.07, 6.45) is 0. The Kier molecular flexibility index (Phi) is 4.46. The summed E-state index contributed by atoms with van der Waals surface area (Å²) in [4.78, 5) is 26.1. The Hall–Kier alpha value is -2.89. The highest BCUT2D eigenvalue weighted by Crippen LogP contribution is 2.13. The molecule has 0 aliphatic rings. The molecule has 1 heterocycles. The number of nitrogens with zero attached hydrogens (tertiary/aromatic N) is 2. The van der Waals surface area contributed by atoms with Crippen molar-refractivity contribution in [2.24, 2.45) is 0 Å². The molecule has 0 bridgehead atoms. The normalized spacial score (nSPS) is 10.9. The van der Waals surface area contributed by atoms with Gasteiger partial charge in [-0.2, -0.15) is 0 Å². The molecule has 0 radical (unpaired) electrons. The minimum absolute atomic E-state index is 0.112. The average molecular weight is 328 g/mol. The third kappa shape index (κ3) is 3.22. The maximum atomic E-state index is 13.3. The lowest BCUT2D eigenvalue weighted by molar-refractivity contribution is -0.132. The van der Waals surface area contributed by atoms with Crippen molar-refractivity contribution in [3.63, 3.8) is 0 Å². The molecule has 24 heavy (non-hydrogen) atoms. The fourth-order valence-corrected chi connectivity index (χ4v) is 2.63. The summed E-state index contributed by atoms with van der Waals surface area (Å²) in [7, 11) is 0. The summed E-state index contributed by atoms with van der Waals surface area (Å²) in [6, 6.07) is 13.1. The van der Waals surface area contributed by atoms with Gasteiger partial charge in [-0.15, -0.1) is 0 Å². The number of carbonyl (C=O) groups is 1. The van der Waals surface area contributed by atoms with Crippen molar-refractivity contribution in [3.8, 4) is 0 Å². The lowest BCUT2D eigenvalue weighted by atomic mass is 10.2. The van der Waals surface area contributed by atoms with Crippen LogP contribution in [0, 0.1) is 5.82 Å². The van der Waals surface area contributed by atoms with Gasteiger partial charge < -0.3 is 9.32 Å². The number of aromatic nitrogens is 1. The zero-order chi connectivity index (χ0) is 17.1. The van der Waals surface area contributed by atoms with Gasteiger partial charge in [0.25, 0.3) is 0 Å². The zero-order valence-corrected chi connectivity index (χ0v) is 13.2. The summed E-state index contributed by atoms with van der Waals surface area (Å²) in [5.41, 5.74) is 1.73. The third-order valence-corrected chi connectivity index (χ3v) is 3.86. The predicted octanol–water partition coefficient (Wildman–Crippen LogP) is 2.78. The molecule has 2 aromatic carbocycles. The van der Waals surface area contributed by atoms with E-state index in [1.54, 1.807) is 41.3 Å². The predicted molar refractivity (Wildman–Crippen MR) is 88.0 cm³/mol. The van der Waals surface area contributed by atoms with E-state index < -0.39 is 5.76 Å². The maximum absolute atomic E-state index is 13.3. The van der Waals surface area contributed by atoms with Crippen LogP contribution in [-0.2, 0) is 17.9 Å². The third-order valence-electron chi connectivity index (χ3n) is 3.86. The molecule has 0 saturated heterocycles. The van der Waals surface area contributed by atoms with Crippen molar-refractivity contribution < 1.29 is 13.6 Å². The van der Waals surface area contributed by atoms with Crippen LogP contribution >= 0.6 is 0 Å². The number of oxazole rings is 1. The van der Waals surface area contributed by atoms with Crippen molar-refractivity contribution in [3.05, 3.63) is 70.5 Å².